The van der Waals surface area contributed by atoms with Gasteiger partial charge in [-0.2, -0.15) is 5.06 Å². The summed E-state index contributed by atoms with van der Waals surface area (Å²) in [7, 11) is -4.14. The number of halogens is 1. The van der Waals surface area contributed by atoms with Crippen molar-refractivity contribution in [3.8, 4) is 22.6 Å². The number of urea groups is 1. The number of carbonyl (C=O) groups excluding carboxylic acids is 1. The number of aromatic nitrogens is 1. The van der Waals surface area contributed by atoms with E-state index >= 15 is 0 Å². The van der Waals surface area contributed by atoms with Crippen molar-refractivity contribution in [2.75, 3.05) is 0 Å². The number of amides is 2. The fourth-order valence-corrected chi connectivity index (χ4v) is 3.53. The molecule has 9 nitrogen and oxygen atoms in total. The number of nitrogens with two attached hydrogens (primary N) is 2. The van der Waals surface area contributed by atoms with Crippen LogP contribution in [-0.4, -0.2) is 29.7 Å². The number of primary amides is 1. The maximum absolute atomic E-state index is 13.4. The maximum Gasteiger partial charge on any atom is 0.339 e. The maximum atomic E-state index is 13.4. The lowest BCUT2D eigenvalue weighted by Gasteiger charge is -2.17. The number of rotatable bonds is 6. The van der Waals surface area contributed by atoms with Gasteiger partial charge in [-0.25, -0.2) is 27.7 Å². The van der Waals surface area contributed by atoms with Crippen molar-refractivity contribution >= 4 is 16.1 Å². The second-order valence-corrected chi connectivity index (χ2v) is 7.67. The molecular formula is C19H17FN4O5S. The number of hydrogen-bond donors (Lipinski definition) is 3. The predicted octanol–water partition coefficient (Wildman–Crippen LogP) is 2.79. The predicted molar refractivity (Wildman–Crippen MR) is 105 cm³/mol. The first-order valence-electron chi connectivity index (χ1n) is 8.42. The fourth-order valence-electron chi connectivity index (χ4n) is 2.79. The van der Waals surface area contributed by atoms with Gasteiger partial charge >= 0.3 is 6.03 Å². The molecule has 3 aromatic rings. The molecule has 0 bridgehead atoms. The van der Waals surface area contributed by atoms with Crippen molar-refractivity contribution in [2.24, 2.45) is 10.9 Å². The largest absolute Gasteiger partial charge is 0.437 e. The molecule has 156 valence electrons. The highest BCUT2D eigenvalue weighted by Crippen LogP contribution is 2.38. The summed E-state index contributed by atoms with van der Waals surface area (Å²) < 4.78 is 43.2. The van der Waals surface area contributed by atoms with Gasteiger partial charge in [0, 0.05) is 11.1 Å². The molecule has 11 heteroatoms. The minimum absolute atomic E-state index is 0.0223. The van der Waals surface area contributed by atoms with Crippen molar-refractivity contribution in [1.29, 1.82) is 0 Å². The molecule has 0 fully saturated rings. The van der Waals surface area contributed by atoms with Gasteiger partial charge in [0.2, 0.25) is 15.9 Å². The van der Waals surface area contributed by atoms with Gasteiger partial charge in [-0.1, -0.05) is 18.2 Å². The Labute approximate surface area is 171 Å². The van der Waals surface area contributed by atoms with E-state index in [0.717, 1.165) is 6.08 Å². The smallest absolute Gasteiger partial charge is 0.339 e. The van der Waals surface area contributed by atoms with Gasteiger partial charge in [0.05, 0.1) is 4.90 Å². The van der Waals surface area contributed by atoms with E-state index in [1.165, 1.54) is 42.5 Å². The Morgan fingerprint density at radius 3 is 2.43 bits per heavy atom. The average molecular weight is 432 g/mol. The molecule has 0 radical (unpaired) electrons. The molecule has 5 N–H and O–H groups in total. The van der Waals surface area contributed by atoms with E-state index in [1.807, 2.05) is 0 Å². The molecule has 0 aliphatic carbocycles. The van der Waals surface area contributed by atoms with Crippen LogP contribution in [0, 0.1) is 5.82 Å². The van der Waals surface area contributed by atoms with Gasteiger partial charge in [-0.15, -0.1) is 6.58 Å². The number of oxazole rings is 1. The molecule has 3 rings (SSSR count). The van der Waals surface area contributed by atoms with Crippen LogP contribution in [0.25, 0.3) is 22.6 Å². The first kappa shape index (κ1) is 21.2. The van der Waals surface area contributed by atoms with Gasteiger partial charge in [0.25, 0.3) is 0 Å². The van der Waals surface area contributed by atoms with Crippen molar-refractivity contribution in [3.63, 3.8) is 0 Å². The molecule has 1 heterocycles. The molecule has 0 aliphatic rings. The lowest BCUT2D eigenvalue weighted by Crippen LogP contribution is -2.35. The molecule has 1 aromatic heterocycles. The van der Waals surface area contributed by atoms with E-state index in [2.05, 4.69) is 11.6 Å². The quantitative estimate of drug-likeness (QED) is 0.309. The normalized spacial score (nSPS) is 12.4. The summed E-state index contributed by atoms with van der Waals surface area (Å²) in [6.45, 7) is 3.52. The lowest BCUT2D eigenvalue weighted by atomic mass is 10.1. The molecule has 1 unspecified atom stereocenters. The number of sulfonamides is 1. The number of nitrogens with zero attached hydrogens (tertiary/aromatic N) is 2. The molecule has 2 amide bonds. The SMILES string of the molecule is C=CC(c1nc(-c2ccc(F)cc2)c(-c2ccccc2S(N)(=O)=O)o1)N(O)C(N)=O. The molecule has 0 saturated heterocycles. The highest BCUT2D eigenvalue weighted by atomic mass is 32.2. The van der Waals surface area contributed by atoms with Crippen LogP contribution in [0.5, 0.6) is 0 Å². The van der Waals surface area contributed by atoms with E-state index in [1.54, 1.807) is 6.07 Å². The topological polar surface area (TPSA) is 153 Å². The summed E-state index contributed by atoms with van der Waals surface area (Å²) >= 11 is 0. The van der Waals surface area contributed by atoms with E-state index < -0.39 is 27.9 Å². The molecule has 2 aromatic carbocycles. The Hall–Kier alpha value is -3.54. The number of primary sulfonamides is 1. The van der Waals surface area contributed by atoms with Gasteiger partial charge < -0.3 is 10.2 Å². The summed E-state index contributed by atoms with van der Waals surface area (Å²) in [6, 6.07) is 8.52. The number of carbonyl (C=O) groups is 1. The fraction of sp³-hybridized carbons (Fsp3) is 0.0526. The minimum atomic E-state index is -4.14. The van der Waals surface area contributed by atoms with Crippen LogP contribution in [0.2, 0.25) is 0 Å². The van der Waals surface area contributed by atoms with Crippen molar-refractivity contribution in [1.82, 2.24) is 10.0 Å². The Kier molecular flexibility index (Phi) is 5.69. The highest BCUT2D eigenvalue weighted by Gasteiger charge is 2.29. The first-order chi connectivity index (χ1) is 14.1. The number of hydrogen-bond acceptors (Lipinski definition) is 6. The molecule has 30 heavy (non-hydrogen) atoms. The van der Waals surface area contributed by atoms with Crippen LogP contribution in [0.4, 0.5) is 9.18 Å². The molecular weight excluding hydrogens is 415 g/mol. The Balaban J connectivity index is 2.29. The number of benzene rings is 2. The number of hydroxylamine groups is 2. The molecule has 1 atom stereocenters. The molecule has 0 aliphatic heterocycles. The third kappa shape index (κ3) is 4.08. The van der Waals surface area contributed by atoms with Crippen LogP contribution < -0.4 is 10.9 Å². The zero-order chi connectivity index (χ0) is 22.1. The van der Waals surface area contributed by atoms with Gasteiger partial charge in [-0.3, -0.25) is 5.21 Å². The Morgan fingerprint density at radius 1 is 1.23 bits per heavy atom. The van der Waals surface area contributed by atoms with Crippen molar-refractivity contribution in [3.05, 3.63) is 72.9 Å². The van der Waals surface area contributed by atoms with E-state index in [4.69, 9.17) is 15.3 Å². The average Bonchev–Trinajstić information content (AvgIpc) is 3.13. The van der Waals surface area contributed by atoms with Crippen LogP contribution in [0.1, 0.15) is 11.9 Å². The summed E-state index contributed by atoms with van der Waals surface area (Å²) in [4.78, 5) is 15.4. The summed E-state index contributed by atoms with van der Waals surface area (Å²) in [5.41, 5.74) is 5.70. The van der Waals surface area contributed by atoms with Crippen LogP contribution >= 0.6 is 0 Å². The first-order valence-corrected chi connectivity index (χ1v) is 9.97. The zero-order valence-electron chi connectivity index (χ0n) is 15.4. The van der Waals surface area contributed by atoms with Gasteiger partial charge in [0.15, 0.2) is 11.8 Å². The van der Waals surface area contributed by atoms with E-state index in [0.29, 0.717) is 5.56 Å². The summed E-state index contributed by atoms with van der Waals surface area (Å²) in [5, 5.41) is 15.4. The van der Waals surface area contributed by atoms with Crippen molar-refractivity contribution in [2.45, 2.75) is 10.9 Å². The lowest BCUT2D eigenvalue weighted by molar-refractivity contribution is -0.0683. The van der Waals surface area contributed by atoms with E-state index in [9.17, 15) is 22.8 Å². The Morgan fingerprint density at radius 2 is 1.87 bits per heavy atom. The summed E-state index contributed by atoms with van der Waals surface area (Å²) in [6.07, 6.45) is 1.15. The third-order valence-corrected chi connectivity index (χ3v) is 5.13. The van der Waals surface area contributed by atoms with Gasteiger partial charge in [-0.05, 0) is 36.4 Å². The Bertz CT molecular complexity index is 1210. The van der Waals surface area contributed by atoms with Crippen molar-refractivity contribution < 1.29 is 27.2 Å². The van der Waals surface area contributed by atoms with Gasteiger partial charge in [0.1, 0.15) is 11.5 Å². The second kappa shape index (κ2) is 8.06. The molecule has 0 spiro atoms. The van der Waals surface area contributed by atoms with Crippen LogP contribution in [0.15, 0.2) is 70.5 Å². The minimum Gasteiger partial charge on any atom is -0.437 e. The third-order valence-electron chi connectivity index (χ3n) is 4.17. The van der Waals surface area contributed by atoms with Crippen LogP contribution in [-0.2, 0) is 10.0 Å². The highest BCUT2D eigenvalue weighted by molar-refractivity contribution is 7.89. The van der Waals surface area contributed by atoms with Crippen LogP contribution in [0.3, 0.4) is 0 Å². The summed E-state index contributed by atoms with van der Waals surface area (Å²) in [5.74, 6) is -0.719. The standard InChI is InChI=1S/C19H17FN4O5S/c1-2-14(24(26)19(21)25)18-23-16(11-7-9-12(20)10-8-11)17(29-18)13-5-3-4-6-15(13)30(22,27)28/h2-10,14,26H,1H2,(H2,21,25)(H2,22,27,28). The second-order valence-electron chi connectivity index (χ2n) is 6.14. The van der Waals surface area contributed by atoms with E-state index in [-0.39, 0.29) is 32.9 Å². The monoisotopic (exact) mass is 432 g/mol. The zero-order valence-corrected chi connectivity index (χ0v) is 16.2. The molecule has 0 saturated carbocycles.